The molecule has 0 aromatic heterocycles. The third kappa shape index (κ3) is 0.801. The normalized spacial score (nSPS) is 29.9. The Morgan fingerprint density at radius 3 is 2.71 bits per heavy atom. The van der Waals surface area contributed by atoms with Crippen LogP contribution in [0.3, 0.4) is 0 Å². The van der Waals surface area contributed by atoms with Gasteiger partial charge in [0.05, 0.1) is 0 Å². The Bertz CT molecular complexity index is 88.1. The molecule has 1 heterocycles. The van der Waals surface area contributed by atoms with Crippen molar-refractivity contribution in [1.29, 1.82) is 0 Å². The molecule has 0 unspecified atom stereocenters. The van der Waals surface area contributed by atoms with Crippen molar-refractivity contribution in [3.8, 4) is 0 Å². The maximum atomic E-state index is 10.4. The maximum absolute atomic E-state index is 10.4. The van der Waals surface area contributed by atoms with Crippen molar-refractivity contribution in [3.05, 3.63) is 0 Å². The predicted molar refractivity (Wildman–Crippen MR) is 31.2 cm³/mol. The minimum absolute atomic E-state index is 0.391. The van der Waals surface area contributed by atoms with Gasteiger partial charge in [0, 0.05) is 11.7 Å². The van der Waals surface area contributed by atoms with Crippen LogP contribution in [0.5, 0.6) is 0 Å². The first kappa shape index (κ1) is 5.16. The topological polar surface area (TPSA) is 17.1 Å². The summed E-state index contributed by atoms with van der Waals surface area (Å²) in [5.74, 6) is 1.47. The molecule has 1 aliphatic heterocycles. The second-order valence-corrected chi connectivity index (χ2v) is 2.76. The number of carbonyl (C=O) groups is 1. The fourth-order valence-electron chi connectivity index (χ4n) is 0.554. The first-order valence-corrected chi connectivity index (χ1v) is 3.49. The van der Waals surface area contributed by atoms with Crippen molar-refractivity contribution in [1.82, 2.24) is 0 Å². The molecule has 0 bridgehead atoms. The average molecular weight is 116 g/mol. The summed E-state index contributed by atoms with van der Waals surface area (Å²) >= 11 is 1.45. The van der Waals surface area contributed by atoms with Crippen molar-refractivity contribution in [2.45, 2.75) is 13.3 Å². The molecule has 0 radical (unpaired) electrons. The molecule has 1 aliphatic rings. The van der Waals surface area contributed by atoms with Gasteiger partial charge in [-0.05, 0) is 6.42 Å². The smallest absolute Gasteiger partial charge is 0.192 e. The monoisotopic (exact) mass is 116 g/mol. The van der Waals surface area contributed by atoms with Crippen LogP contribution in [0.25, 0.3) is 0 Å². The van der Waals surface area contributed by atoms with E-state index in [-0.39, 0.29) is 0 Å². The van der Waals surface area contributed by atoms with E-state index in [1.54, 1.807) is 0 Å². The van der Waals surface area contributed by atoms with E-state index in [4.69, 9.17) is 0 Å². The van der Waals surface area contributed by atoms with Gasteiger partial charge in [0.25, 0.3) is 0 Å². The molecule has 1 atom stereocenters. The van der Waals surface area contributed by atoms with E-state index in [0.29, 0.717) is 11.0 Å². The van der Waals surface area contributed by atoms with Gasteiger partial charge in [-0.15, -0.1) is 0 Å². The second kappa shape index (κ2) is 1.86. The molecule has 0 aromatic carbocycles. The number of carbonyl (C=O) groups excluding carboxylic acids is 1. The molecule has 0 amide bonds. The molecule has 0 saturated carbocycles. The molecule has 0 aliphatic carbocycles. The van der Waals surface area contributed by atoms with Crippen LogP contribution in [-0.4, -0.2) is 10.9 Å². The summed E-state index contributed by atoms with van der Waals surface area (Å²) in [6.45, 7) is 2.06. The van der Waals surface area contributed by atoms with Crippen LogP contribution in [0.4, 0.5) is 0 Å². The Labute approximate surface area is 47.5 Å². The van der Waals surface area contributed by atoms with E-state index >= 15 is 0 Å². The highest BCUT2D eigenvalue weighted by molar-refractivity contribution is 8.15. The third-order valence-corrected chi connectivity index (χ3v) is 2.44. The van der Waals surface area contributed by atoms with E-state index in [0.717, 1.165) is 12.2 Å². The number of hydrogen-bond acceptors (Lipinski definition) is 2. The Morgan fingerprint density at radius 1 is 2.00 bits per heavy atom. The summed E-state index contributed by atoms with van der Waals surface area (Å²) < 4.78 is 0. The van der Waals surface area contributed by atoms with E-state index in [9.17, 15) is 4.79 Å². The zero-order valence-electron chi connectivity index (χ0n) is 4.31. The van der Waals surface area contributed by atoms with Gasteiger partial charge in [-0.1, -0.05) is 18.7 Å². The van der Waals surface area contributed by atoms with Gasteiger partial charge in [-0.2, -0.15) is 0 Å². The van der Waals surface area contributed by atoms with Gasteiger partial charge >= 0.3 is 0 Å². The first-order chi connectivity index (χ1) is 3.34. The summed E-state index contributed by atoms with van der Waals surface area (Å²) in [5.41, 5.74) is 0. The molecule has 0 spiro atoms. The SMILES string of the molecule is CC[C@@H]1CSC1=O. The van der Waals surface area contributed by atoms with Crippen LogP contribution >= 0.6 is 11.8 Å². The molecule has 40 valence electrons. The van der Waals surface area contributed by atoms with E-state index in [2.05, 4.69) is 6.92 Å². The van der Waals surface area contributed by atoms with Gasteiger partial charge in [-0.3, -0.25) is 4.79 Å². The lowest BCUT2D eigenvalue weighted by molar-refractivity contribution is -0.115. The van der Waals surface area contributed by atoms with Crippen molar-refractivity contribution >= 4 is 16.9 Å². The predicted octanol–water partition coefficient (Wildman–Crippen LogP) is 1.29. The van der Waals surface area contributed by atoms with Gasteiger partial charge < -0.3 is 0 Å². The largest absolute Gasteiger partial charge is 0.287 e. The second-order valence-electron chi connectivity index (χ2n) is 1.74. The first-order valence-electron chi connectivity index (χ1n) is 2.51. The van der Waals surface area contributed by atoms with E-state index < -0.39 is 0 Å². The lowest BCUT2D eigenvalue weighted by atomic mass is 10.1. The fraction of sp³-hybridized carbons (Fsp3) is 0.800. The van der Waals surface area contributed by atoms with Gasteiger partial charge in [0.2, 0.25) is 0 Å². The Morgan fingerprint density at radius 2 is 2.71 bits per heavy atom. The van der Waals surface area contributed by atoms with Crippen LogP contribution in [0.2, 0.25) is 0 Å². The van der Waals surface area contributed by atoms with Crippen molar-refractivity contribution in [2.75, 3.05) is 5.75 Å². The number of hydrogen-bond donors (Lipinski definition) is 0. The fourth-order valence-corrected chi connectivity index (χ4v) is 1.49. The highest BCUT2D eigenvalue weighted by atomic mass is 32.2. The summed E-state index contributed by atoms with van der Waals surface area (Å²) in [7, 11) is 0. The standard InChI is InChI=1S/C5H8OS/c1-2-4-3-7-5(4)6/h4H,2-3H2,1H3/t4-/m1/s1. The van der Waals surface area contributed by atoms with Crippen LogP contribution in [0, 0.1) is 5.92 Å². The van der Waals surface area contributed by atoms with E-state index in [1.807, 2.05) is 0 Å². The van der Waals surface area contributed by atoms with Gasteiger partial charge in [-0.25, -0.2) is 0 Å². The molecular formula is C5H8OS. The molecule has 0 N–H and O–H groups in total. The summed E-state index contributed by atoms with van der Waals surface area (Å²) in [6.07, 6.45) is 1.03. The van der Waals surface area contributed by atoms with Crippen LogP contribution in [0.1, 0.15) is 13.3 Å². The Kier molecular flexibility index (Phi) is 1.38. The molecule has 2 heteroatoms. The number of rotatable bonds is 1. The zero-order chi connectivity index (χ0) is 5.28. The summed E-state index contributed by atoms with van der Waals surface area (Å²) in [6, 6.07) is 0. The highest BCUT2D eigenvalue weighted by Gasteiger charge is 2.26. The molecule has 1 nitrogen and oxygen atoms in total. The van der Waals surface area contributed by atoms with Crippen molar-refractivity contribution in [3.63, 3.8) is 0 Å². The van der Waals surface area contributed by atoms with Crippen LogP contribution in [-0.2, 0) is 4.79 Å². The van der Waals surface area contributed by atoms with Crippen LogP contribution < -0.4 is 0 Å². The van der Waals surface area contributed by atoms with Gasteiger partial charge in [0.1, 0.15) is 0 Å². The Hall–Kier alpha value is 0.0200. The molecule has 1 fully saturated rings. The molecule has 0 aromatic rings. The van der Waals surface area contributed by atoms with Gasteiger partial charge in [0.15, 0.2) is 5.12 Å². The minimum atomic E-state index is 0.391. The van der Waals surface area contributed by atoms with Crippen LogP contribution in [0.15, 0.2) is 0 Å². The highest BCUT2D eigenvalue weighted by Crippen LogP contribution is 2.28. The Balaban J connectivity index is 2.29. The van der Waals surface area contributed by atoms with Crippen molar-refractivity contribution < 1.29 is 4.79 Å². The third-order valence-electron chi connectivity index (χ3n) is 1.25. The minimum Gasteiger partial charge on any atom is -0.287 e. The molecule has 1 rings (SSSR count). The summed E-state index contributed by atoms with van der Waals surface area (Å²) in [4.78, 5) is 10.4. The van der Waals surface area contributed by atoms with Crippen molar-refractivity contribution in [2.24, 2.45) is 5.92 Å². The zero-order valence-corrected chi connectivity index (χ0v) is 5.12. The molecule has 7 heavy (non-hydrogen) atoms. The maximum Gasteiger partial charge on any atom is 0.192 e. The van der Waals surface area contributed by atoms with E-state index in [1.165, 1.54) is 11.8 Å². The molecular weight excluding hydrogens is 108 g/mol. The molecule has 1 saturated heterocycles. The summed E-state index contributed by atoms with van der Waals surface area (Å²) in [5, 5.41) is 0.391. The lowest BCUT2D eigenvalue weighted by Gasteiger charge is -2.20. The lowest BCUT2D eigenvalue weighted by Crippen LogP contribution is -2.23. The quantitative estimate of drug-likeness (QED) is 0.513. The average Bonchev–Trinajstić information content (AvgIpc) is 1.65. The number of thioether (sulfide) groups is 1.